The average molecular weight is 935 g/mol. The lowest BCUT2D eigenvalue weighted by Crippen LogP contribution is -2.16. The third kappa shape index (κ3) is 8.77. The van der Waals surface area contributed by atoms with Crippen LogP contribution in [0, 0.1) is 0 Å². The maximum absolute atomic E-state index is 5.41. The van der Waals surface area contributed by atoms with E-state index in [0.717, 1.165) is 66.7 Å². The topological polar surface area (TPSA) is 43.6 Å². The molecule has 11 aromatic rings. The highest BCUT2D eigenvalue weighted by molar-refractivity contribution is 6.14. The number of aromatic nitrogens is 4. The summed E-state index contributed by atoms with van der Waals surface area (Å²) >= 11 is 0. The third-order valence-electron chi connectivity index (χ3n) is 14.0. The first-order valence-electron chi connectivity index (χ1n) is 24.8. The smallest absolute Gasteiger partial charge is 0.164 e. The highest BCUT2D eigenvalue weighted by Crippen LogP contribution is 2.49. The summed E-state index contributed by atoms with van der Waals surface area (Å²) in [5, 5.41) is 2.40. The van der Waals surface area contributed by atoms with Gasteiger partial charge in [-0.3, -0.25) is 0 Å². The molecule has 0 saturated heterocycles. The van der Waals surface area contributed by atoms with Crippen LogP contribution in [0.25, 0.3) is 100 Å². The number of hydrogen-bond donors (Lipinski definition) is 0. The summed E-state index contributed by atoms with van der Waals surface area (Å²) in [7, 11) is 0. The van der Waals surface area contributed by atoms with E-state index >= 15 is 0 Å². The van der Waals surface area contributed by atoms with Crippen molar-refractivity contribution in [1.82, 2.24) is 19.5 Å². The standard InChI is InChI=1S/C69H50N4/c1-3-19-47(4-2)51-30-36-54(37-31-51)61-45-59(69-71-67(56-26-15-8-16-27-56)70-68(72-69)57-40-34-53(35-41-57)49-22-11-6-12-23-49)46-62(55-38-32-52(33-39-55)48-20-9-5-10-21-48)66(61)73-64-29-18-17-28-60(64)63-44-58(42-43-65(63)73)50-24-13-7-14-25-50/h3-44,46,61H,1-2,45H2/b47-19+. The van der Waals surface area contributed by atoms with Gasteiger partial charge in [-0.1, -0.05) is 250 Å². The van der Waals surface area contributed by atoms with E-state index < -0.39 is 0 Å². The quantitative estimate of drug-likeness (QED) is 0.115. The molecule has 0 radical (unpaired) electrons. The Morgan fingerprint density at radius 1 is 0.425 bits per heavy atom. The van der Waals surface area contributed by atoms with Gasteiger partial charge in [0, 0.05) is 39.1 Å². The van der Waals surface area contributed by atoms with Gasteiger partial charge in [-0.15, -0.1) is 0 Å². The van der Waals surface area contributed by atoms with E-state index in [1.54, 1.807) is 0 Å². The molecule has 0 spiro atoms. The predicted octanol–water partition coefficient (Wildman–Crippen LogP) is 17.7. The number of para-hydroxylation sites is 1. The Bertz CT molecular complexity index is 3900. The SMILES string of the molecule is C=C/C=C(\C=C)c1ccc(C2CC(c3nc(-c4ccccc4)nc(-c4ccc(-c5ccccc5)cc4)n3)=CC(c3ccc(-c4ccccc4)cc3)=C2n2c3ccccc3c3cc(-c4ccccc4)ccc32)cc1. The van der Waals surface area contributed by atoms with Crippen molar-refractivity contribution in [3.8, 4) is 56.2 Å². The van der Waals surface area contributed by atoms with Gasteiger partial charge in [-0.2, -0.15) is 0 Å². The highest BCUT2D eigenvalue weighted by Gasteiger charge is 2.32. The fourth-order valence-electron chi connectivity index (χ4n) is 10.4. The molecule has 346 valence electrons. The zero-order valence-electron chi connectivity index (χ0n) is 40.3. The Kier molecular flexibility index (Phi) is 12.1. The summed E-state index contributed by atoms with van der Waals surface area (Å²) in [6.45, 7) is 8.12. The molecule has 73 heavy (non-hydrogen) atoms. The molecule has 1 aliphatic rings. The lowest BCUT2D eigenvalue weighted by Gasteiger charge is -2.31. The maximum Gasteiger partial charge on any atom is 0.164 e. The second-order valence-corrected chi connectivity index (χ2v) is 18.4. The van der Waals surface area contributed by atoms with E-state index in [1.165, 1.54) is 38.7 Å². The fourth-order valence-corrected chi connectivity index (χ4v) is 10.4. The minimum Gasteiger partial charge on any atom is -0.312 e. The van der Waals surface area contributed by atoms with Gasteiger partial charge in [-0.25, -0.2) is 15.0 Å². The van der Waals surface area contributed by atoms with Gasteiger partial charge in [-0.05, 0) is 91.9 Å². The average Bonchev–Trinajstić information content (AvgIpc) is 3.80. The molecule has 0 amide bonds. The summed E-state index contributed by atoms with van der Waals surface area (Å²) in [5.41, 5.74) is 18.8. The van der Waals surface area contributed by atoms with E-state index in [9.17, 15) is 0 Å². The third-order valence-corrected chi connectivity index (χ3v) is 14.0. The van der Waals surface area contributed by atoms with Crippen molar-refractivity contribution >= 4 is 44.2 Å². The van der Waals surface area contributed by atoms with Crippen LogP contribution in [0.15, 0.2) is 274 Å². The van der Waals surface area contributed by atoms with Gasteiger partial charge in [0.05, 0.1) is 11.0 Å². The van der Waals surface area contributed by atoms with Crippen molar-refractivity contribution in [1.29, 1.82) is 0 Å². The highest BCUT2D eigenvalue weighted by atomic mass is 15.0. The van der Waals surface area contributed by atoms with E-state index in [4.69, 9.17) is 15.0 Å². The number of hydrogen-bond acceptors (Lipinski definition) is 3. The fraction of sp³-hybridized carbons (Fsp3) is 0.0290. The number of allylic oxidation sites excluding steroid dienone is 8. The van der Waals surface area contributed by atoms with Crippen LogP contribution < -0.4 is 0 Å². The number of fused-ring (bicyclic) bond motifs is 3. The molecule has 2 aromatic heterocycles. The van der Waals surface area contributed by atoms with Gasteiger partial charge in [0.2, 0.25) is 0 Å². The van der Waals surface area contributed by atoms with E-state index in [1.807, 2.05) is 42.5 Å². The summed E-state index contributed by atoms with van der Waals surface area (Å²) in [5.74, 6) is 1.75. The minimum absolute atomic E-state index is 0.147. The summed E-state index contributed by atoms with van der Waals surface area (Å²) in [6, 6.07) is 84.3. The Morgan fingerprint density at radius 2 is 0.877 bits per heavy atom. The van der Waals surface area contributed by atoms with Crippen LogP contribution in [0.4, 0.5) is 0 Å². The zero-order valence-corrected chi connectivity index (χ0v) is 40.3. The van der Waals surface area contributed by atoms with E-state index in [2.05, 4.69) is 236 Å². The molecule has 1 unspecified atom stereocenters. The Labute approximate surface area is 426 Å². The van der Waals surface area contributed by atoms with Crippen molar-refractivity contribution < 1.29 is 0 Å². The second kappa shape index (κ2) is 19.7. The number of nitrogens with zero attached hydrogens (tertiary/aromatic N) is 4. The van der Waals surface area contributed by atoms with Crippen LogP contribution in [-0.4, -0.2) is 19.5 Å². The number of rotatable bonds is 12. The Morgan fingerprint density at radius 3 is 1.45 bits per heavy atom. The van der Waals surface area contributed by atoms with Crippen LogP contribution >= 0.6 is 0 Å². The van der Waals surface area contributed by atoms with Crippen molar-refractivity contribution in [3.63, 3.8) is 0 Å². The molecule has 12 rings (SSSR count). The molecule has 0 saturated carbocycles. The molecule has 4 nitrogen and oxygen atoms in total. The monoisotopic (exact) mass is 934 g/mol. The molecule has 1 aliphatic carbocycles. The second-order valence-electron chi connectivity index (χ2n) is 18.4. The van der Waals surface area contributed by atoms with Crippen LogP contribution in [0.3, 0.4) is 0 Å². The molecule has 9 aromatic carbocycles. The van der Waals surface area contributed by atoms with Crippen molar-refractivity contribution in [2.24, 2.45) is 0 Å². The summed E-state index contributed by atoms with van der Waals surface area (Å²) in [4.78, 5) is 16.0. The molecule has 0 N–H and O–H groups in total. The first kappa shape index (κ1) is 44.7. The van der Waals surface area contributed by atoms with Crippen LogP contribution in [-0.2, 0) is 0 Å². The van der Waals surface area contributed by atoms with Gasteiger partial charge in [0.1, 0.15) is 0 Å². The zero-order chi connectivity index (χ0) is 49.1. The van der Waals surface area contributed by atoms with Crippen LogP contribution in [0.5, 0.6) is 0 Å². The van der Waals surface area contributed by atoms with Crippen LogP contribution in [0.1, 0.15) is 34.9 Å². The molecule has 0 aliphatic heterocycles. The van der Waals surface area contributed by atoms with Crippen molar-refractivity contribution in [2.75, 3.05) is 0 Å². The maximum atomic E-state index is 5.41. The molecule has 0 fully saturated rings. The molecule has 1 atom stereocenters. The van der Waals surface area contributed by atoms with Gasteiger partial charge in [0.15, 0.2) is 17.5 Å². The minimum atomic E-state index is -0.147. The molecule has 4 heteroatoms. The van der Waals surface area contributed by atoms with Crippen LogP contribution in [0.2, 0.25) is 0 Å². The first-order chi connectivity index (χ1) is 36.1. The molecule has 0 bridgehead atoms. The lowest BCUT2D eigenvalue weighted by molar-refractivity contribution is 0.835. The van der Waals surface area contributed by atoms with Gasteiger partial charge in [0.25, 0.3) is 0 Å². The van der Waals surface area contributed by atoms with Crippen molar-refractivity contribution in [2.45, 2.75) is 12.3 Å². The Balaban J connectivity index is 1.12. The largest absolute Gasteiger partial charge is 0.312 e. The van der Waals surface area contributed by atoms with Gasteiger partial charge >= 0.3 is 0 Å². The predicted molar refractivity (Wildman–Crippen MR) is 306 cm³/mol. The first-order valence-corrected chi connectivity index (χ1v) is 24.8. The summed E-state index contributed by atoms with van der Waals surface area (Å²) < 4.78 is 2.53. The van der Waals surface area contributed by atoms with Gasteiger partial charge < -0.3 is 4.57 Å². The Hall–Kier alpha value is -9.51. The summed E-state index contributed by atoms with van der Waals surface area (Å²) in [6.07, 6.45) is 8.69. The number of benzene rings is 9. The van der Waals surface area contributed by atoms with E-state index in [-0.39, 0.29) is 5.92 Å². The van der Waals surface area contributed by atoms with Crippen molar-refractivity contribution in [3.05, 3.63) is 297 Å². The molecular weight excluding hydrogens is 885 g/mol. The normalized spacial score (nSPS) is 13.8. The molecular formula is C69H50N4. The van der Waals surface area contributed by atoms with E-state index in [0.29, 0.717) is 23.9 Å². The lowest BCUT2D eigenvalue weighted by atomic mass is 9.79. The molecule has 2 heterocycles.